The molecule has 0 spiro atoms. The van der Waals surface area contributed by atoms with Gasteiger partial charge in [0.05, 0.1) is 24.8 Å². The van der Waals surface area contributed by atoms with Gasteiger partial charge in [0.2, 0.25) is 11.8 Å². The Bertz CT molecular complexity index is 1040. The van der Waals surface area contributed by atoms with Crippen LogP contribution in [0.5, 0.6) is 5.88 Å². The summed E-state index contributed by atoms with van der Waals surface area (Å²) in [6.07, 6.45) is 5.41. The number of ether oxygens (including phenoxy) is 1. The van der Waals surface area contributed by atoms with Crippen LogP contribution in [0.15, 0.2) is 36.8 Å². The van der Waals surface area contributed by atoms with Gasteiger partial charge in [-0.25, -0.2) is 14.5 Å². The van der Waals surface area contributed by atoms with Crippen LogP contribution in [0.1, 0.15) is 6.92 Å². The summed E-state index contributed by atoms with van der Waals surface area (Å²) in [6.45, 7) is 6.53. The fourth-order valence-corrected chi connectivity index (χ4v) is 3.74. The average Bonchev–Trinajstić information content (AvgIpc) is 3.14. The van der Waals surface area contributed by atoms with E-state index in [1.165, 1.54) is 0 Å². The first-order chi connectivity index (χ1) is 14.2. The van der Waals surface area contributed by atoms with Crippen LogP contribution in [-0.4, -0.2) is 75.8 Å². The van der Waals surface area contributed by atoms with Crippen molar-refractivity contribution in [3.8, 4) is 17.0 Å². The molecule has 0 saturated carbocycles. The van der Waals surface area contributed by atoms with Gasteiger partial charge in [0.25, 0.3) is 0 Å². The summed E-state index contributed by atoms with van der Waals surface area (Å²) in [4.78, 5) is 24.8. The molecular weight excluding hydrogens is 370 g/mol. The average molecular weight is 393 g/mol. The molecule has 5 heterocycles. The summed E-state index contributed by atoms with van der Waals surface area (Å²) in [5.41, 5.74) is 2.51. The second-order valence-corrected chi connectivity index (χ2v) is 7.37. The Morgan fingerprint density at radius 1 is 1.21 bits per heavy atom. The maximum Gasteiger partial charge on any atom is 0.221 e. The molecule has 1 N–H and O–H groups in total. The third-order valence-electron chi connectivity index (χ3n) is 5.43. The lowest BCUT2D eigenvalue weighted by Crippen LogP contribution is -2.55. The first-order valence-electron chi connectivity index (χ1n) is 9.86. The van der Waals surface area contributed by atoms with E-state index in [4.69, 9.17) is 9.72 Å². The Balaban J connectivity index is 1.45. The number of rotatable bonds is 4. The van der Waals surface area contributed by atoms with Crippen molar-refractivity contribution in [1.82, 2.24) is 29.8 Å². The maximum absolute atomic E-state index is 11.4. The molecule has 3 aromatic rings. The molecule has 5 rings (SSSR count). The van der Waals surface area contributed by atoms with E-state index in [1.807, 2.05) is 24.4 Å². The summed E-state index contributed by atoms with van der Waals surface area (Å²) in [6, 6.07) is 5.86. The van der Waals surface area contributed by atoms with Crippen LogP contribution in [0.2, 0.25) is 0 Å². The molecule has 0 bridgehead atoms. The highest BCUT2D eigenvalue weighted by Gasteiger charge is 2.31. The molecule has 150 valence electrons. The highest BCUT2D eigenvalue weighted by atomic mass is 16.5. The molecule has 0 radical (unpaired) electrons. The van der Waals surface area contributed by atoms with Crippen molar-refractivity contribution in [2.24, 2.45) is 0 Å². The highest BCUT2D eigenvalue weighted by Crippen LogP contribution is 2.32. The third kappa shape index (κ3) is 3.38. The van der Waals surface area contributed by atoms with Crippen molar-refractivity contribution in [2.75, 3.05) is 44.2 Å². The highest BCUT2D eigenvalue weighted by molar-refractivity contribution is 5.80. The van der Waals surface area contributed by atoms with E-state index in [2.05, 4.69) is 20.3 Å². The van der Waals surface area contributed by atoms with Crippen molar-refractivity contribution >= 4 is 17.4 Å². The molecule has 0 unspecified atom stereocenters. The van der Waals surface area contributed by atoms with Crippen LogP contribution in [0.3, 0.4) is 0 Å². The van der Waals surface area contributed by atoms with E-state index < -0.39 is 0 Å². The number of aromatic nitrogens is 4. The zero-order valence-corrected chi connectivity index (χ0v) is 16.3. The van der Waals surface area contributed by atoms with Gasteiger partial charge < -0.3 is 19.9 Å². The largest absolute Gasteiger partial charge is 0.470 e. The molecular formula is C20H23N7O2. The minimum atomic E-state index is -0.0428. The van der Waals surface area contributed by atoms with Gasteiger partial charge in [-0.1, -0.05) is 0 Å². The van der Waals surface area contributed by atoms with E-state index in [0.717, 1.165) is 48.8 Å². The van der Waals surface area contributed by atoms with Crippen molar-refractivity contribution in [1.29, 1.82) is 0 Å². The Kier molecular flexibility index (Phi) is 4.51. The molecule has 0 atom stereocenters. The maximum atomic E-state index is 11.4. The lowest BCUT2D eigenvalue weighted by atomic mass is 10.1. The number of hydrogen-bond acceptors (Lipinski definition) is 7. The molecule has 0 aliphatic carbocycles. The number of anilines is 1. The lowest BCUT2D eigenvalue weighted by molar-refractivity contribution is -0.137. The fourth-order valence-electron chi connectivity index (χ4n) is 3.74. The van der Waals surface area contributed by atoms with Crippen LogP contribution in [-0.2, 0) is 4.79 Å². The minimum absolute atomic E-state index is 0.0428. The standard InChI is InChI=1S/C20H23N7O2/c1-14(28)26-12-15(13-26)29-20-16(3-2-5-22-20)17-11-23-27-8-4-18(24-19(17)27)25-9-6-21-7-10-25/h2-5,8,11,15,21H,6-7,9-10,12-13H2,1H3. The Morgan fingerprint density at radius 3 is 2.83 bits per heavy atom. The van der Waals surface area contributed by atoms with Crippen molar-refractivity contribution < 1.29 is 9.53 Å². The molecule has 2 fully saturated rings. The molecule has 2 aliphatic heterocycles. The van der Waals surface area contributed by atoms with Gasteiger partial charge >= 0.3 is 0 Å². The van der Waals surface area contributed by atoms with Crippen molar-refractivity contribution in [2.45, 2.75) is 13.0 Å². The SMILES string of the molecule is CC(=O)N1CC(Oc2ncccc2-c2cnn3ccc(N4CCNCC4)nc23)C1. The molecule has 2 aliphatic rings. The molecule has 0 aromatic carbocycles. The molecule has 9 nitrogen and oxygen atoms in total. The van der Waals surface area contributed by atoms with Gasteiger partial charge in [-0.3, -0.25) is 4.79 Å². The number of likely N-dealkylation sites (tertiary alicyclic amines) is 1. The topological polar surface area (TPSA) is 87.9 Å². The predicted molar refractivity (Wildman–Crippen MR) is 108 cm³/mol. The smallest absolute Gasteiger partial charge is 0.221 e. The number of hydrogen-bond donors (Lipinski definition) is 1. The lowest BCUT2D eigenvalue weighted by Gasteiger charge is -2.38. The van der Waals surface area contributed by atoms with E-state index in [1.54, 1.807) is 28.7 Å². The monoisotopic (exact) mass is 393 g/mol. The van der Waals surface area contributed by atoms with Crippen LogP contribution in [0.25, 0.3) is 16.8 Å². The number of nitrogens with one attached hydrogen (secondary N) is 1. The van der Waals surface area contributed by atoms with Gasteiger partial charge in [0, 0.05) is 51.1 Å². The van der Waals surface area contributed by atoms with Gasteiger partial charge in [0.1, 0.15) is 11.9 Å². The number of piperazine rings is 1. The van der Waals surface area contributed by atoms with E-state index in [-0.39, 0.29) is 12.0 Å². The van der Waals surface area contributed by atoms with Crippen LogP contribution in [0, 0.1) is 0 Å². The van der Waals surface area contributed by atoms with Gasteiger partial charge in [-0.2, -0.15) is 5.10 Å². The fraction of sp³-hybridized carbons (Fsp3) is 0.400. The van der Waals surface area contributed by atoms with Crippen LogP contribution >= 0.6 is 0 Å². The zero-order valence-electron chi connectivity index (χ0n) is 16.3. The number of carbonyl (C=O) groups excluding carboxylic acids is 1. The number of pyridine rings is 1. The zero-order chi connectivity index (χ0) is 19.8. The number of fused-ring (bicyclic) bond motifs is 1. The van der Waals surface area contributed by atoms with Gasteiger partial charge in [-0.05, 0) is 18.2 Å². The number of amides is 1. The van der Waals surface area contributed by atoms with Gasteiger partial charge in [0.15, 0.2) is 5.65 Å². The van der Waals surface area contributed by atoms with Gasteiger partial charge in [-0.15, -0.1) is 0 Å². The predicted octanol–water partition coefficient (Wildman–Crippen LogP) is 0.810. The van der Waals surface area contributed by atoms with E-state index in [9.17, 15) is 4.79 Å². The first-order valence-corrected chi connectivity index (χ1v) is 9.86. The van der Waals surface area contributed by atoms with E-state index in [0.29, 0.717) is 19.0 Å². The first kappa shape index (κ1) is 17.9. The molecule has 1 amide bonds. The van der Waals surface area contributed by atoms with Crippen molar-refractivity contribution in [3.63, 3.8) is 0 Å². The number of nitrogens with zero attached hydrogens (tertiary/aromatic N) is 6. The summed E-state index contributed by atoms with van der Waals surface area (Å²) in [7, 11) is 0. The minimum Gasteiger partial charge on any atom is -0.470 e. The summed E-state index contributed by atoms with van der Waals surface area (Å²) in [5.74, 6) is 1.56. The molecule has 9 heteroatoms. The molecule has 3 aromatic heterocycles. The Hall–Kier alpha value is -3.20. The number of carbonyl (C=O) groups is 1. The van der Waals surface area contributed by atoms with Crippen LogP contribution in [0.4, 0.5) is 5.82 Å². The molecule has 2 saturated heterocycles. The Morgan fingerprint density at radius 2 is 2.03 bits per heavy atom. The summed E-state index contributed by atoms with van der Waals surface area (Å²) < 4.78 is 7.87. The Labute approximate surface area is 168 Å². The third-order valence-corrected chi connectivity index (χ3v) is 5.43. The molecule has 29 heavy (non-hydrogen) atoms. The second kappa shape index (κ2) is 7.32. The van der Waals surface area contributed by atoms with Crippen LogP contribution < -0.4 is 15.0 Å². The summed E-state index contributed by atoms with van der Waals surface area (Å²) in [5, 5.41) is 7.82. The normalized spacial score (nSPS) is 17.4. The quantitative estimate of drug-likeness (QED) is 0.702. The van der Waals surface area contributed by atoms with E-state index >= 15 is 0 Å². The van der Waals surface area contributed by atoms with Crippen molar-refractivity contribution in [3.05, 3.63) is 36.8 Å². The summed E-state index contributed by atoms with van der Waals surface area (Å²) >= 11 is 0. The second-order valence-electron chi connectivity index (χ2n) is 7.37.